The molecule has 0 saturated heterocycles. The van der Waals surface area contributed by atoms with Crippen molar-refractivity contribution in [2.75, 3.05) is 6.54 Å². The van der Waals surface area contributed by atoms with E-state index < -0.39 is 11.6 Å². The van der Waals surface area contributed by atoms with E-state index >= 15 is 0 Å². The topological polar surface area (TPSA) is 69.2 Å². The van der Waals surface area contributed by atoms with E-state index in [0.717, 1.165) is 17.1 Å². The fourth-order valence-electron chi connectivity index (χ4n) is 3.04. The molecule has 0 atom stereocenters. The molecule has 140 valence electrons. The lowest BCUT2D eigenvalue weighted by Gasteiger charge is -2.32. The van der Waals surface area contributed by atoms with Crippen molar-refractivity contribution < 1.29 is 9.90 Å². The summed E-state index contributed by atoms with van der Waals surface area (Å²) in [6.45, 7) is 6.08. The van der Waals surface area contributed by atoms with Gasteiger partial charge in [0.1, 0.15) is 5.82 Å². The molecule has 0 spiro atoms. The number of imidazole rings is 1. The molecule has 0 aliphatic rings. The molecule has 1 heterocycles. The van der Waals surface area contributed by atoms with E-state index in [2.05, 4.69) is 46.4 Å². The van der Waals surface area contributed by atoms with Gasteiger partial charge in [-0.1, -0.05) is 54.6 Å². The minimum atomic E-state index is -0.911. The fourth-order valence-corrected chi connectivity index (χ4v) is 3.04. The van der Waals surface area contributed by atoms with E-state index in [9.17, 15) is 9.90 Å². The minimum Gasteiger partial charge on any atom is -0.465 e. The highest BCUT2D eigenvalue weighted by Gasteiger charge is 2.25. The number of rotatable bonds is 5. The van der Waals surface area contributed by atoms with Gasteiger partial charge in [-0.15, -0.1) is 0 Å². The Morgan fingerprint density at radius 3 is 2.19 bits per heavy atom. The van der Waals surface area contributed by atoms with Gasteiger partial charge in [-0.3, -0.25) is 0 Å². The van der Waals surface area contributed by atoms with E-state index in [4.69, 9.17) is 0 Å². The van der Waals surface area contributed by atoms with Crippen molar-refractivity contribution in [1.82, 2.24) is 14.9 Å². The van der Waals surface area contributed by atoms with Crippen LogP contribution in [-0.4, -0.2) is 38.2 Å². The normalized spacial score (nSPS) is 11.4. The first-order valence-electron chi connectivity index (χ1n) is 9.05. The van der Waals surface area contributed by atoms with Crippen molar-refractivity contribution in [2.45, 2.75) is 32.7 Å². The van der Waals surface area contributed by atoms with Crippen LogP contribution in [0.3, 0.4) is 0 Å². The van der Waals surface area contributed by atoms with Gasteiger partial charge in [-0.2, -0.15) is 0 Å². The molecular weight excluding hydrogens is 338 g/mol. The third-order valence-corrected chi connectivity index (χ3v) is 4.54. The largest absolute Gasteiger partial charge is 0.465 e. The average molecular weight is 363 g/mol. The second kappa shape index (κ2) is 7.66. The molecule has 1 amide bonds. The first-order valence-corrected chi connectivity index (χ1v) is 9.05. The Morgan fingerprint density at radius 2 is 1.59 bits per heavy atom. The quantitative estimate of drug-likeness (QED) is 0.665. The van der Waals surface area contributed by atoms with Gasteiger partial charge in [0, 0.05) is 18.5 Å². The van der Waals surface area contributed by atoms with Gasteiger partial charge in [0.25, 0.3) is 0 Å². The summed E-state index contributed by atoms with van der Waals surface area (Å²) in [5.74, 6) is 0.785. The molecule has 0 bridgehead atoms. The molecule has 0 fully saturated rings. The summed E-state index contributed by atoms with van der Waals surface area (Å²) in [6.07, 6.45) is 1.44. The molecule has 0 saturated carbocycles. The summed E-state index contributed by atoms with van der Waals surface area (Å²) in [4.78, 5) is 20.6. The maximum Gasteiger partial charge on any atom is 0.407 e. The number of H-pyrrole nitrogens is 1. The second-order valence-corrected chi connectivity index (χ2v) is 7.54. The van der Waals surface area contributed by atoms with Crippen molar-refractivity contribution in [1.29, 1.82) is 0 Å². The molecule has 27 heavy (non-hydrogen) atoms. The van der Waals surface area contributed by atoms with Crippen LogP contribution in [0.15, 0.2) is 60.8 Å². The number of aromatic amines is 1. The molecule has 3 aromatic rings. The van der Waals surface area contributed by atoms with Crippen molar-refractivity contribution in [2.24, 2.45) is 0 Å². The fraction of sp³-hybridized carbons (Fsp3) is 0.273. The molecule has 2 aromatic carbocycles. The zero-order chi connectivity index (χ0) is 19.4. The third-order valence-electron chi connectivity index (χ3n) is 4.54. The van der Waals surface area contributed by atoms with Crippen LogP contribution in [0.2, 0.25) is 0 Å². The number of nitrogens with one attached hydrogen (secondary N) is 1. The van der Waals surface area contributed by atoms with Crippen LogP contribution in [0, 0.1) is 0 Å². The molecule has 0 aliphatic carbocycles. The summed E-state index contributed by atoms with van der Waals surface area (Å²) >= 11 is 0. The molecule has 0 radical (unpaired) electrons. The Labute approximate surface area is 159 Å². The van der Waals surface area contributed by atoms with Crippen LogP contribution >= 0.6 is 0 Å². The number of benzene rings is 2. The Kier molecular flexibility index (Phi) is 5.31. The van der Waals surface area contributed by atoms with E-state index in [0.29, 0.717) is 13.0 Å². The van der Waals surface area contributed by atoms with Crippen molar-refractivity contribution in [3.05, 3.63) is 66.6 Å². The highest BCUT2D eigenvalue weighted by atomic mass is 16.4. The SMILES string of the molecule is CC(C)(C)N(CCc1ncc(-c2ccc(-c3ccccc3)cc2)[nH]1)C(=O)O. The third kappa shape index (κ3) is 4.56. The van der Waals surface area contributed by atoms with Crippen LogP contribution in [0.1, 0.15) is 26.6 Å². The standard InChI is InChI=1S/C22H25N3O2/c1-22(2,3)25(21(26)27)14-13-20-23-15-19(24-20)18-11-9-17(10-12-18)16-7-5-4-6-8-16/h4-12,15H,13-14H2,1-3H3,(H,23,24)(H,26,27). The summed E-state index contributed by atoms with van der Waals surface area (Å²) in [6, 6.07) is 18.6. The summed E-state index contributed by atoms with van der Waals surface area (Å²) in [5.41, 5.74) is 3.90. The van der Waals surface area contributed by atoms with Crippen LogP contribution in [-0.2, 0) is 6.42 Å². The highest BCUT2D eigenvalue weighted by molar-refractivity contribution is 5.68. The number of hydrogen-bond acceptors (Lipinski definition) is 2. The van der Waals surface area contributed by atoms with Gasteiger partial charge in [0.05, 0.1) is 11.9 Å². The van der Waals surface area contributed by atoms with Crippen molar-refractivity contribution in [3.63, 3.8) is 0 Å². The number of aromatic nitrogens is 2. The first kappa shape index (κ1) is 18.7. The number of carbonyl (C=O) groups is 1. The van der Waals surface area contributed by atoms with Crippen LogP contribution < -0.4 is 0 Å². The Hall–Kier alpha value is -3.08. The van der Waals surface area contributed by atoms with E-state index in [1.54, 1.807) is 6.20 Å². The monoisotopic (exact) mass is 363 g/mol. The second-order valence-electron chi connectivity index (χ2n) is 7.54. The molecular formula is C22H25N3O2. The lowest BCUT2D eigenvalue weighted by atomic mass is 10.0. The van der Waals surface area contributed by atoms with Gasteiger partial charge in [-0.05, 0) is 37.5 Å². The molecule has 1 aromatic heterocycles. The molecule has 0 aliphatic heterocycles. The molecule has 0 unspecified atom stereocenters. The number of amides is 1. The number of carboxylic acid groups (broad SMARTS) is 1. The van der Waals surface area contributed by atoms with E-state index in [-0.39, 0.29) is 0 Å². The van der Waals surface area contributed by atoms with Crippen LogP contribution in [0.25, 0.3) is 22.4 Å². The van der Waals surface area contributed by atoms with Crippen molar-refractivity contribution >= 4 is 6.09 Å². The lowest BCUT2D eigenvalue weighted by molar-refractivity contribution is 0.101. The van der Waals surface area contributed by atoms with Gasteiger partial charge in [-0.25, -0.2) is 9.78 Å². The van der Waals surface area contributed by atoms with Gasteiger partial charge in [0.15, 0.2) is 0 Å². The van der Waals surface area contributed by atoms with Crippen LogP contribution in [0.4, 0.5) is 4.79 Å². The number of hydrogen-bond donors (Lipinski definition) is 2. The molecule has 5 heteroatoms. The highest BCUT2D eigenvalue weighted by Crippen LogP contribution is 2.24. The van der Waals surface area contributed by atoms with Gasteiger partial charge < -0.3 is 15.0 Å². The Morgan fingerprint density at radius 1 is 1.00 bits per heavy atom. The van der Waals surface area contributed by atoms with Crippen LogP contribution in [0.5, 0.6) is 0 Å². The first-order chi connectivity index (χ1) is 12.8. The predicted octanol–water partition coefficient (Wildman–Crippen LogP) is 5.06. The summed E-state index contributed by atoms with van der Waals surface area (Å²) in [5, 5.41) is 9.39. The smallest absolute Gasteiger partial charge is 0.407 e. The zero-order valence-electron chi connectivity index (χ0n) is 15.9. The summed E-state index contributed by atoms with van der Waals surface area (Å²) in [7, 11) is 0. The van der Waals surface area contributed by atoms with Gasteiger partial charge >= 0.3 is 6.09 Å². The van der Waals surface area contributed by atoms with Crippen molar-refractivity contribution in [3.8, 4) is 22.4 Å². The molecule has 2 N–H and O–H groups in total. The maximum absolute atomic E-state index is 11.4. The summed E-state index contributed by atoms with van der Waals surface area (Å²) < 4.78 is 0. The van der Waals surface area contributed by atoms with Gasteiger partial charge in [0.2, 0.25) is 0 Å². The maximum atomic E-state index is 11.4. The zero-order valence-corrected chi connectivity index (χ0v) is 15.9. The Bertz CT molecular complexity index is 893. The number of nitrogens with zero attached hydrogens (tertiary/aromatic N) is 2. The Balaban J connectivity index is 1.69. The predicted molar refractivity (Wildman–Crippen MR) is 108 cm³/mol. The minimum absolute atomic E-state index is 0.402. The van der Waals surface area contributed by atoms with E-state index in [1.165, 1.54) is 16.0 Å². The molecule has 5 nitrogen and oxygen atoms in total. The lowest BCUT2D eigenvalue weighted by Crippen LogP contribution is -2.46. The molecule has 3 rings (SSSR count). The van der Waals surface area contributed by atoms with E-state index in [1.807, 2.05) is 39.0 Å². The average Bonchev–Trinajstić information content (AvgIpc) is 3.10.